The van der Waals surface area contributed by atoms with E-state index in [-0.39, 0.29) is 68.8 Å². The first-order valence-electron chi connectivity index (χ1n) is 38.8. The lowest BCUT2D eigenvalue weighted by molar-refractivity contribution is -0.210. The van der Waals surface area contributed by atoms with Crippen molar-refractivity contribution in [2.45, 2.75) is 261 Å². The maximum absolute atomic E-state index is 15.9. The minimum atomic E-state index is -4.81. The Morgan fingerprint density at radius 3 is 1.79 bits per heavy atom. The zero-order valence-electron chi connectivity index (χ0n) is 64.6. The lowest BCUT2D eigenvalue weighted by Gasteiger charge is -2.59. The molecular weight excluding hydrogens is 1420 g/mol. The summed E-state index contributed by atoms with van der Waals surface area (Å²) in [4.78, 5) is 192. The van der Waals surface area contributed by atoms with Crippen molar-refractivity contribution >= 4 is 82.5 Å². The number of nitrogens with one attached hydrogen (secondary N) is 3. The number of halogens is 6. The molecule has 7 atom stereocenters. The first kappa shape index (κ1) is 85.4. The number of alkyl halides is 5. The zero-order valence-corrected chi connectivity index (χ0v) is 65.4. The van der Waals surface area contributed by atoms with E-state index in [1.165, 1.54) is 79.9 Å². The highest BCUT2D eigenvalue weighted by Gasteiger charge is 2.63. The number of aryl methyl sites for hydroxylation is 1. The molecule has 0 bridgehead atoms. The maximum atomic E-state index is 15.9. The molecule has 8 rings (SSSR count). The molecule has 7 aliphatic rings. The highest BCUT2D eigenvalue weighted by molar-refractivity contribution is 6.31. The van der Waals surface area contributed by atoms with Crippen LogP contribution in [-0.2, 0) is 70.1 Å². The highest BCUT2D eigenvalue weighted by Crippen LogP contribution is 2.63. The van der Waals surface area contributed by atoms with E-state index >= 15 is 28.8 Å². The fourth-order valence-corrected chi connectivity index (χ4v) is 17.9. The van der Waals surface area contributed by atoms with E-state index in [1.807, 2.05) is 20.8 Å². The number of nitrogens with zero attached hydrogens (tertiary/aromatic N) is 9. The second-order valence-corrected chi connectivity index (χ2v) is 33.2. The second kappa shape index (κ2) is 36.5. The highest BCUT2D eigenvalue weighted by atomic mass is 35.5. The van der Waals surface area contributed by atoms with Gasteiger partial charge in [-0.2, -0.15) is 13.2 Å². The van der Waals surface area contributed by atoms with Crippen molar-refractivity contribution in [2.75, 3.05) is 88.6 Å². The average molecular weight is 1530 g/mol. The van der Waals surface area contributed by atoms with Gasteiger partial charge in [0.2, 0.25) is 76.8 Å². The van der Waals surface area contributed by atoms with Crippen molar-refractivity contribution in [3.05, 3.63) is 34.3 Å². The van der Waals surface area contributed by atoms with Crippen molar-refractivity contribution in [3.63, 3.8) is 0 Å². The van der Waals surface area contributed by atoms with Crippen LogP contribution in [0.3, 0.4) is 0 Å². The Kier molecular flexibility index (Phi) is 29.2. The molecule has 30 heteroatoms. The van der Waals surface area contributed by atoms with Gasteiger partial charge >= 0.3 is 6.18 Å². The van der Waals surface area contributed by atoms with Gasteiger partial charge in [0.1, 0.15) is 41.8 Å². The number of hydrogen-bond acceptors (Lipinski definition) is 12. The van der Waals surface area contributed by atoms with Crippen LogP contribution in [-0.4, -0.2) is 257 Å². The summed E-state index contributed by atoms with van der Waals surface area (Å²) in [7, 11) is 9.82. The number of piperidine rings is 1. The van der Waals surface area contributed by atoms with Gasteiger partial charge in [-0.05, 0) is 130 Å². The molecule has 0 radical (unpaired) electrons. The number of rotatable bonds is 12. The molecule has 7 fully saturated rings. The summed E-state index contributed by atoms with van der Waals surface area (Å²) in [5.74, 6) is -12.6. The molecular formula is C77H116ClF5N12O12. The van der Waals surface area contributed by atoms with Gasteiger partial charge in [-0.1, -0.05) is 116 Å². The molecule has 0 aromatic heterocycles. The van der Waals surface area contributed by atoms with E-state index in [2.05, 4.69) is 16.0 Å². The first-order valence-corrected chi connectivity index (χ1v) is 39.2. The summed E-state index contributed by atoms with van der Waals surface area (Å²) in [6.07, 6.45) is 4.54. The van der Waals surface area contributed by atoms with Crippen molar-refractivity contribution in [1.82, 2.24) is 60.0 Å². The molecule has 0 unspecified atom stereocenters. The normalized spacial score (nSPS) is 27.1. The van der Waals surface area contributed by atoms with Gasteiger partial charge in [-0.15, -0.1) is 0 Å². The Labute approximate surface area is 632 Å². The van der Waals surface area contributed by atoms with Crippen LogP contribution < -0.4 is 16.0 Å². The molecule has 5 aliphatic carbocycles. The third-order valence-electron chi connectivity index (χ3n) is 24.2. The molecule has 2 saturated heterocycles. The number of hydrogen-bond donors (Lipinski definition) is 3. The summed E-state index contributed by atoms with van der Waals surface area (Å²) in [5.41, 5.74) is -3.46. The number of carbonyl (C=O) groups excluding carboxylic acids is 12. The van der Waals surface area contributed by atoms with Crippen LogP contribution in [0.2, 0.25) is 5.02 Å². The lowest BCUT2D eigenvalue weighted by Crippen LogP contribution is -2.66. The van der Waals surface area contributed by atoms with Gasteiger partial charge in [0, 0.05) is 81.3 Å². The maximum Gasteiger partial charge on any atom is 0.417 e. The Balaban J connectivity index is 1.20. The topological polar surface area (TPSA) is 270 Å². The molecule has 2 aliphatic heterocycles. The molecule has 2 spiro atoms. The lowest BCUT2D eigenvalue weighted by atomic mass is 9.52. The fraction of sp³-hybridized carbons (Fsp3) is 0.766. The van der Waals surface area contributed by atoms with Crippen molar-refractivity contribution in [2.24, 2.45) is 29.1 Å². The number of likely N-dealkylation sites (tertiary alicyclic amines) is 1. The molecule has 3 N–H and O–H groups in total. The van der Waals surface area contributed by atoms with Crippen LogP contribution >= 0.6 is 11.6 Å². The third-order valence-corrected chi connectivity index (χ3v) is 24.5. The molecule has 12 amide bonds. The van der Waals surface area contributed by atoms with E-state index in [4.69, 9.17) is 11.6 Å². The fourth-order valence-electron chi connectivity index (χ4n) is 17.6. The van der Waals surface area contributed by atoms with E-state index < -0.39 is 204 Å². The summed E-state index contributed by atoms with van der Waals surface area (Å²) in [5, 5.41) is 8.00. The SMILES string of the molecule is CC[C@H](C)[C@@H]1NC(=O)[C@H](CC(C)C)N(C)C(=O)C[C@@H](C(=O)N2CCCCC2)N(C)C(=O)[C@H](C2CCCCC2)N(C)C(=O)C2(CCCC2)NC(=O)CN(C2CC3(C2)CC(F)(F)C3)C(=O)[C@H](CCc2ccc(C(F)(F)F)c(Cl)c2)NC(=O)CN(C)C(=O)[C@H](CC2CCCCC2)N(C)C(=O)CN(C)C(=O)CN(C)C1=O. The van der Waals surface area contributed by atoms with Gasteiger partial charge in [-0.25, -0.2) is 8.78 Å². The molecule has 598 valence electrons. The van der Waals surface area contributed by atoms with Crippen LogP contribution in [0.4, 0.5) is 22.0 Å². The van der Waals surface area contributed by atoms with Crippen LogP contribution in [0.25, 0.3) is 0 Å². The summed E-state index contributed by atoms with van der Waals surface area (Å²) < 4.78 is 71.5. The van der Waals surface area contributed by atoms with Crippen molar-refractivity contribution in [1.29, 1.82) is 0 Å². The molecule has 2 heterocycles. The molecule has 5 saturated carbocycles. The molecule has 107 heavy (non-hydrogen) atoms. The van der Waals surface area contributed by atoms with Crippen molar-refractivity contribution < 1.29 is 79.5 Å². The second-order valence-electron chi connectivity index (χ2n) is 32.8. The molecule has 1 aromatic carbocycles. The van der Waals surface area contributed by atoms with Gasteiger partial charge in [0.15, 0.2) is 0 Å². The average Bonchev–Trinajstić information content (AvgIpc) is 1.04. The third kappa shape index (κ3) is 21.2. The Hall–Kier alpha value is -7.20. The zero-order chi connectivity index (χ0) is 78.8. The predicted molar refractivity (Wildman–Crippen MR) is 390 cm³/mol. The largest absolute Gasteiger partial charge is 0.417 e. The van der Waals surface area contributed by atoms with Crippen LogP contribution in [0, 0.1) is 29.1 Å². The smallest absolute Gasteiger partial charge is 0.343 e. The van der Waals surface area contributed by atoms with Gasteiger partial charge in [-0.3, -0.25) is 57.5 Å². The number of benzene rings is 1. The quantitative estimate of drug-likeness (QED) is 0.169. The predicted octanol–water partition coefficient (Wildman–Crippen LogP) is 7.84. The summed E-state index contributed by atoms with van der Waals surface area (Å²) >= 11 is 6.20. The Morgan fingerprint density at radius 1 is 0.626 bits per heavy atom. The van der Waals surface area contributed by atoms with Gasteiger partial charge < -0.3 is 60.0 Å². The Morgan fingerprint density at radius 2 is 1.21 bits per heavy atom. The van der Waals surface area contributed by atoms with Gasteiger partial charge in [0.05, 0.1) is 43.2 Å². The van der Waals surface area contributed by atoms with E-state index in [9.17, 15) is 50.7 Å². The number of likely N-dealkylation sites (N-methyl/N-ethyl adjacent to an activating group) is 7. The Bertz CT molecular complexity index is 3380. The number of carbonyl (C=O) groups is 12. The first-order chi connectivity index (χ1) is 50.3. The summed E-state index contributed by atoms with van der Waals surface area (Å²) in [6, 6.07) is -5.75. The standard InChI is InChI=1S/C77H116ClF5N12O12/c1-12-49(4)65-71(105)89(7)44-63(99)87(5)45-64(100)91(9)58(38-50-24-16-13-17-25-50)69(103)88(6)42-60(96)84-56(31-29-51-28-30-54(55(78)37-51)77(81,82)83)68(102)95(53-40-74(41-53)46-76(79,80)47-74)43-61(97)86-75(32-20-21-33-75)73(107)93(11)66(52-26-18-14-19-27-52)72(106)92(10)59(70(104)94-34-22-15-23-35-94)39-62(98)90(8)57(36-48(2)3)67(101)85-65/h28,30,37,48-50,52-53,56-59,65-66H,12-27,29,31-36,38-47H2,1-11H3,(H,84,96)(H,85,101)(H,86,97)/t49-,56-,57-,58-,59-,65-,66-/m0/s1. The molecule has 24 nitrogen and oxygen atoms in total. The van der Waals surface area contributed by atoms with Crippen LogP contribution in [0.5, 0.6) is 0 Å². The van der Waals surface area contributed by atoms with Crippen LogP contribution in [0.1, 0.15) is 206 Å². The summed E-state index contributed by atoms with van der Waals surface area (Å²) in [6.45, 7) is 5.39. The van der Waals surface area contributed by atoms with E-state index in [0.717, 1.165) is 71.8 Å². The monoisotopic (exact) mass is 1530 g/mol. The molecule has 1 aromatic rings. The van der Waals surface area contributed by atoms with Gasteiger partial charge in [0.25, 0.3) is 0 Å². The minimum absolute atomic E-state index is 0.0270. The van der Waals surface area contributed by atoms with E-state index in [0.29, 0.717) is 70.9 Å². The van der Waals surface area contributed by atoms with Crippen LogP contribution in [0.15, 0.2) is 18.2 Å². The van der Waals surface area contributed by atoms with E-state index in [1.54, 1.807) is 11.8 Å². The minimum Gasteiger partial charge on any atom is -0.343 e. The number of amides is 12. The van der Waals surface area contributed by atoms with Crippen molar-refractivity contribution in [3.8, 4) is 0 Å².